The van der Waals surface area contributed by atoms with E-state index in [9.17, 15) is 13.2 Å². The van der Waals surface area contributed by atoms with Crippen LogP contribution in [0.15, 0.2) is 63.1 Å². The lowest BCUT2D eigenvalue weighted by Gasteiger charge is -2.26. The average molecular weight is 505 g/mol. The molecular formula is C22H24N4O6S2. The van der Waals surface area contributed by atoms with E-state index in [1.165, 1.54) is 16.4 Å². The highest BCUT2D eigenvalue weighted by Crippen LogP contribution is 2.27. The molecule has 0 aliphatic carbocycles. The number of nitrogens with one attached hydrogen (secondary N) is 1. The zero-order valence-corrected chi connectivity index (χ0v) is 20.1. The molecule has 1 fully saturated rings. The fourth-order valence-electron chi connectivity index (χ4n) is 3.28. The maximum atomic E-state index is 12.9. The molecule has 0 radical (unpaired) electrons. The van der Waals surface area contributed by atoms with Gasteiger partial charge in [0.25, 0.3) is 5.22 Å². The number of carbonyl (C=O) groups is 1. The molecule has 2 heterocycles. The average Bonchev–Trinajstić information content (AvgIpc) is 3.34. The van der Waals surface area contributed by atoms with Crippen LogP contribution >= 0.6 is 11.8 Å². The maximum Gasteiger partial charge on any atom is 0.277 e. The number of ether oxygens (including phenoxy) is 2. The number of aromatic nitrogens is 2. The molecule has 0 bridgehead atoms. The number of amides is 1. The van der Waals surface area contributed by atoms with Crippen molar-refractivity contribution in [1.29, 1.82) is 0 Å². The summed E-state index contributed by atoms with van der Waals surface area (Å²) >= 11 is 1.08. The quantitative estimate of drug-likeness (QED) is 0.438. The van der Waals surface area contributed by atoms with E-state index in [1.54, 1.807) is 24.3 Å². The van der Waals surface area contributed by atoms with Gasteiger partial charge in [-0.3, -0.25) is 4.79 Å². The van der Waals surface area contributed by atoms with Crippen molar-refractivity contribution in [2.45, 2.75) is 17.0 Å². The van der Waals surface area contributed by atoms with Gasteiger partial charge < -0.3 is 19.2 Å². The Morgan fingerprint density at radius 2 is 1.94 bits per heavy atom. The second-order valence-electron chi connectivity index (χ2n) is 7.18. The molecule has 180 valence electrons. The van der Waals surface area contributed by atoms with Crippen LogP contribution in [0.4, 0.5) is 5.69 Å². The van der Waals surface area contributed by atoms with Crippen molar-refractivity contribution in [2.24, 2.45) is 0 Å². The zero-order chi connectivity index (χ0) is 24.0. The van der Waals surface area contributed by atoms with Crippen molar-refractivity contribution in [3.63, 3.8) is 0 Å². The Kier molecular flexibility index (Phi) is 7.83. The van der Waals surface area contributed by atoms with Crippen molar-refractivity contribution in [3.8, 4) is 17.2 Å². The van der Waals surface area contributed by atoms with E-state index in [-0.39, 0.29) is 27.7 Å². The minimum Gasteiger partial charge on any atom is -0.492 e. The number of sulfonamides is 1. The van der Waals surface area contributed by atoms with Crippen LogP contribution in [-0.4, -0.2) is 67.5 Å². The van der Waals surface area contributed by atoms with E-state index < -0.39 is 10.0 Å². The molecule has 1 aliphatic heterocycles. The smallest absolute Gasteiger partial charge is 0.277 e. The molecular weight excluding hydrogens is 480 g/mol. The van der Waals surface area contributed by atoms with E-state index in [0.717, 1.165) is 11.8 Å². The lowest BCUT2D eigenvalue weighted by atomic mass is 10.2. The van der Waals surface area contributed by atoms with Crippen LogP contribution in [0.2, 0.25) is 0 Å². The molecule has 1 N–H and O–H groups in total. The molecule has 0 spiro atoms. The largest absolute Gasteiger partial charge is 0.492 e. The fraction of sp³-hybridized carbons (Fsp3) is 0.318. The predicted octanol–water partition coefficient (Wildman–Crippen LogP) is 2.89. The number of anilines is 1. The lowest BCUT2D eigenvalue weighted by Crippen LogP contribution is -2.40. The molecule has 34 heavy (non-hydrogen) atoms. The Morgan fingerprint density at radius 3 is 2.74 bits per heavy atom. The predicted molar refractivity (Wildman–Crippen MR) is 126 cm³/mol. The van der Waals surface area contributed by atoms with Gasteiger partial charge in [0.05, 0.1) is 36.2 Å². The van der Waals surface area contributed by atoms with Crippen molar-refractivity contribution >= 4 is 33.4 Å². The Bertz CT molecular complexity index is 1240. The highest BCUT2D eigenvalue weighted by Gasteiger charge is 2.27. The molecule has 1 aromatic heterocycles. The fourth-order valence-corrected chi connectivity index (χ4v) is 5.29. The summed E-state index contributed by atoms with van der Waals surface area (Å²) in [6.07, 6.45) is 0. The first-order valence-electron chi connectivity index (χ1n) is 10.6. The standard InChI is InChI=1S/C22H24N4O6S2/c1-2-31-19-9-4-3-8-18(19)23-20(27)15-33-22-25-24-21(32-22)16-6-5-7-17(14-16)34(28,29)26-10-12-30-13-11-26/h3-9,14H,2,10-13,15H2,1H3,(H,23,27). The Balaban J connectivity index is 1.40. The number of rotatable bonds is 9. The van der Waals surface area contributed by atoms with E-state index in [4.69, 9.17) is 13.9 Å². The third-order valence-electron chi connectivity index (χ3n) is 4.88. The summed E-state index contributed by atoms with van der Waals surface area (Å²) in [4.78, 5) is 12.5. The molecule has 1 aliphatic rings. The Labute approximate surface area is 201 Å². The van der Waals surface area contributed by atoms with Gasteiger partial charge in [-0.2, -0.15) is 4.31 Å². The summed E-state index contributed by atoms with van der Waals surface area (Å²) in [6.45, 7) is 3.72. The number of para-hydroxylation sites is 2. The van der Waals surface area contributed by atoms with E-state index in [1.807, 2.05) is 19.1 Å². The molecule has 0 saturated carbocycles. The first-order chi connectivity index (χ1) is 16.5. The van der Waals surface area contributed by atoms with E-state index >= 15 is 0 Å². The molecule has 0 unspecified atom stereocenters. The normalized spacial score (nSPS) is 14.6. The maximum absolute atomic E-state index is 12.9. The number of hydrogen-bond acceptors (Lipinski definition) is 9. The summed E-state index contributed by atoms with van der Waals surface area (Å²) in [5.74, 6) is 0.558. The SMILES string of the molecule is CCOc1ccccc1NC(=O)CSc1nnc(-c2cccc(S(=O)(=O)N3CCOCC3)c2)o1. The van der Waals surface area contributed by atoms with Gasteiger partial charge in [0.1, 0.15) is 5.75 Å². The van der Waals surface area contributed by atoms with Crippen LogP contribution in [0.3, 0.4) is 0 Å². The van der Waals surface area contributed by atoms with Gasteiger partial charge in [-0.1, -0.05) is 30.0 Å². The van der Waals surface area contributed by atoms with Gasteiger partial charge in [0.15, 0.2) is 0 Å². The summed E-state index contributed by atoms with van der Waals surface area (Å²) in [5.41, 5.74) is 1.06. The lowest BCUT2D eigenvalue weighted by molar-refractivity contribution is -0.113. The van der Waals surface area contributed by atoms with Gasteiger partial charge in [0.2, 0.25) is 21.8 Å². The molecule has 3 aromatic rings. The van der Waals surface area contributed by atoms with Crippen LogP contribution in [0, 0.1) is 0 Å². The minimum atomic E-state index is -3.65. The molecule has 2 aromatic carbocycles. The first-order valence-corrected chi connectivity index (χ1v) is 13.1. The number of carbonyl (C=O) groups excluding carboxylic acids is 1. The first kappa shape index (κ1) is 24.2. The molecule has 10 nitrogen and oxygen atoms in total. The van der Waals surface area contributed by atoms with Gasteiger partial charge in [-0.15, -0.1) is 10.2 Å². The monoisotopic (exact) mass is 504 g/mol. The molecule has 12 heteroatoms. The molecule has 1 saturated heterocycles. The second-order valence-corrected chi connectivity index (χ2v) is 10.0. The van der Waals surface area contributed by atoms with E-state index in [0.29, 0.717) is 49.9 Å². The summed E-state index contributed by atoms with van der Waals surface area (Å²) in [5, 5.41) is 11.0. The number of morpholine rings is 1. The molecule has 0 atom stereocenters. The highest BCUT2D eigenvalue weighted by atomic mass is 32.2. The van der Waals surface area contributed by atoms with Crippen molar-refractivity contribution in [1.82, 2.24) is 14.5 Å². The van der Waals surface area contributed by atoms with Crippen LogP contribution in [-0.2, 0) is 19.6 Å². The molecule has 4 rings (SSSR count). The summed E-state index contributed by atoms with van der Waals surface area (Å²) < 4.78 is 43.6. The van der Waals surface area contributed by atoms with Crippen LogP contribution in [0.5, 0.6) is 5.75 Å². The molecule has 1 amide bonds. The zero-order valence-electron chi connectivity index (χ0n) is 18.5. The number of benzene rings is 2. The minimum absolute atomic E-state index is 0.0491. The van der Waals surface area contributed by atoms with Crippen molar-refractivity contribution < 1.29 is 27.1 Å². The summed E-state index contributed by atoms with van der Waals surface area (Å²) in [6, 6.07) is 13.5. The Hall–Kier alpha value is -2.93. The number of hydrogen-bond donors (Lipinski definition) is 1. The summed E-state index contributed by atoms with van der Waals surface area (Å²) in [7, 11) is -3.65. The van der Waals surface area contributed by atoms with E-state index in [2.05, 4.69) is 15.5 Å². The highest BCUT2D eigenvalue weighted by molar-refractivity contribution is 7.99. The van der Waals surface area contributed by atoms with Gasteiger partial charge in [0, 0.05) is 18.7 Å². The van der Waals surface area contributed by atoms with Crippen molar-refractivity contribution in [2.75, 3.05) is 44.0 Å². The number of nitrogens with zero attached hydrogens (tertiary/aromatic N) is 3. The van der Waals surface area contributed by atoms with Gasteiger partial charge >= 0.3 is 0 Å². The van der Waals surface area contributed by atoms with Crippen LogP contribution < -0.4 is 10.1 Å². The van der Waals surface area contributed by atoms with Gasteiger partial charge in [-0.25, -0.2) is 8.42 Å². The van der Waals surface area contributed by atoms with Gasteiger partial charge in [-0.05, 0) is 37.3 Å². The van der Waals surface area contributed by atoms with Crippen molar-refractivity contribution in [3.05, 3.63) is 48.5 Å². The third kappa shape index (κ3) is 5.76. The third-order valence-corrected chi connectivity index (χ3v) is 7.60. The van der Waals surface area contributed by atoms with Crippen LogP contribution in [0.1, 0.15) is 6.92 Å². The van der Waals surface area contributed by atoms with Crippen LogP contribution in [0.25, 0.3) is 11.5 Å². The Morgan fingerprint density at radius 1 is 1.15 bits per heavy atom. The number of thioether (sulfide) groups is 1. The topological polar surface area (TPSA) is 124 Å². The second kappa shape index (κ2) is 11.0.